The van der Waals surface area contributed by atoms with Crippen LogP contribution in [0.3, 0.4) is 0 Å². The summed E-state index contributed by atoms with van der Waals surface area (Å²) in [5.41, 5.74) is 1.44. The van der Waals surface area contributed by atoms with E-state index in [1.165, 1.54) is 19.0 Å². The van der Waals surface area contributed by atoms with Gasteiger partial charge in [-0.1, -0.05) is 6.07 Å². The van der Waals surface area contributed by atoms with E-state index in [0.29, 0.717) is 17.6 Å². The lowest BCUT2D eigenvalue weighted by molar-refractivity contribution is 0.231. The van der Waals surface area contributed by atoms with Gasteiger partial charge < -0.3 is 4.90 Å². The quantitative estimate of drug-likeness (QED) is 0.655. The Morgan fingerprint density at radius 3 is 2.66 bits per heavy atom. The average molecular weight is 417 g/mol. The first kappa shape index (κ1) is 18.6. The van der Waals surface area contributed by atoms with Gasteiger partial charge in [-0.25, -0.2) is 21.2 Å². The molecule has 0 amide bonds. The number of benzene rings is 2. The Labute approximate surface area is 168 Å². The summed E-state index contributed by atoms with van der Waals surface area (Å²) in [7, 11) is -4.18. The molecule has 2 aliphatic rings. The smallest absolute Gasteiger partial charge is 0.271 e. The molecular weight excluding hydrogens is 396 g/mol. The van der Waals surface area contributed by atoms with Crippen LogP contribution in [-0.4, -0.2) is 49.5 Å². The van der Waals surface area contributed by atoms with Crippen LogP contribution in [0.25, 0.3) is 10.9 Å². The van der Waals surface area contributed by atoms with Crippen molar-refractivity contribution in [2.75, 3.05) is 31.1 Å². The molecule has 3 aromatic rings. The lowest BCUT2D eigenvalue weighted by atomic mass is 10.1. The summed E-state index contributed by atoms with van der Waals surface area (Å²) in [5, 5.41) is 0.749. The minimum absolute atomic E-state index is 0.486. The molecule has 1 unspecified atom stereocenters. The Hall–Kier alpha value is -2.45. The van der Waals surface area contributed by atoms with Gasteiger partial charge in [0, 0.05) is 49.0 Å². The highest BCUT2D eigenvalue weighted by Crippen LogP contribution is 2.30. The summed E-state index contributed by atoms with van der Waals surface area (Å²) in [5.74, 6) is -1.91. The van der Waals surface area contributed by atoms with Crippen molar-refractivity contribution in [3.63, 3.8) is 0 Å². The van der Waals surface area contributed by atoms with Crippen LogP contribution in [0.15, 0.2) is 53.6 Å². The molecule has 3 heterocycles. The SMILES string of the molecule is O=S(=O)(c1ccc(F)cc1F)n1ccc2ccc(N3CCN4CCCC4C3)cc21. The second-order valence-corrected chi connectivity index (χ2v) is 9.50. The predicted molar refractivity (Wildman–Crippen MR) is 108 cm³/mol. The zero-order valence-corrected chi connectivity index (χ0v) is 16.6. The van der Waals surface area contributed by atoms with Gasteiger partial charge in [0.2, 0.25) is 0 Å². The number of anilines is 1. The summed E-state index contributed by atoms with van der Waals surface area (Å²) in [6.45, 7) is 3.97. The highest BCUT2D eigenvalue weighted by atomic mass is 32.2. The molecule has 2 fully saturated rings. The standard InChI is InChI=1S/C21H21F2N3O2S/c22-16-4-6-21(19(23)12-16)29(27,28)26-9-7-15-3-5-17(13-20(15)26)25-11-10-24-8-1-2-18(24)14-25/h3-7,9,12-13,18H,1-2,8,10-11,14H2. The summed E-state index contributed by atoms with van der Waals surface area (Å²) < 4.78 is 54.6. The summed E-state index contributed by atoms with van der Waals surface area (Å²) in [6, 6.07) is 10.5. The number of halogens is 2. The first-order valence-electron chi connectivity index (χ1n) is 9.74. The summed E-state index contributed by atoms with van der Waals surface area (Å²) in [6.07, 6.45) is 3.83. The first-order valence-corrected chi connectivity index (χ1v) is 11.2. The van der Waals surface area contributed by atoms with Crippen molar-refractivity contribution in [3.05, 3.63) is 60.3 Å². The molecule has 0 radical (unpaired) electrons. The van der Waals surface area contributed by atoms with E-state index in [4.69, 9.17) is 0 Å². The van der Waals surface area contributed by atoms with Gasteiger partial charge in [-0.3, -0.25) is 4.90 Å². The molecule has 2 aromatic carbocycles. The lowest BCUT2D eigenvalue weighted by Crippen LogP contribution is -2.50. The normalized spacial score (nSPS) is 20.3. The van der Waals surface area contributed by atoms with Crippen LogP contribution < -0.4 is 4.90 Å². The van der Waals surface area contributed by atoms with Gasteiger partial charge >= 0.3 is 0 Å². The molecule has 2 aliphatic heterocycles. The van der Waals surface area contributed by atoms with Crippen molar-refractivity contribution in [3.8, 4) is 0 Å². The number of hydrogen-bond acceptors (Lipinski definition) is 4. The van der Waals surface area contributed by atoms with Crippen LogP contribution in [0.5, 0.6) is 0 Å². The maximum atomic E-state index is 14.2. The molecule has 1 aromatic heterocycles. The Morgan fingerprint density at radius 1 is 0.966 bits per heavy atom. The van der Waals surface area contributed by atoms with Gasteiger partial charge in [0.15, 0.2) is 0 Å². The molecule has 0 bridgehead atoms. The highest BCUT2D eigenvalue weighted by Gasteiger charge is 2.31. The number of nitrogens with zero attached hydrogens (tertiary/aromatic N) is 3. The third-order valence-electron chi connectivity index (χ3n) is 6.02. The van der Waals surface area contributed by atoms with Gasteiger partial charge in [-0.15, -0.1) is 0 Å². The largest absolute Gasteiger partial charge is 0.369 e. The molecule has 0 saturated carbocycles. The third-order valence-corrected chi connectivity index (χ3v) is 7.75. The maximum Gasteiger partial charge on any atom is 0.271 e. The molecular formula is C21H21F2N3O2S. The van der Waals surface area contributed by atoms with E-state index in [-0.39, 0.29) is 0 Å². The second kappa shape index (κ2) is 6.81. The Balaban J connectivity index is 1.54. The van der Waals surface area contributed by atoms with Crippen molar-refractivity contribution < 1.29 is 17.2 Å². The number of hydrogen-bond donors (Lipinski definition) is 0. The van der Waals surface area contributed by atoms with Crippen molar-refractivity contribution in [2.45, 2.75) is 23.8 Å². The van der Waals surface area contributed by atoms with Gasteiger partial charge in [0.25, 0.3) is 10.0 Å². The van der Waals surface area contributed by atoms with Crippen molar-refractivity contribution >= 4 is 26.6 Å². The topological polar surface area (TPSA) is 45.6 Å². The van der Waals surface area contributed by atoms with Crippen LogP contribution in [0.1, 0.15) is 12.8 Å². The van der Waals surface area contributed by atoms with Crippen molar-refractivity contribution in [1.82, 2.24) is 8.87 Å². The van der Waals surface area contributed by atoms with E-state index < -0.39 is 26.6 Å². The molecule has 29 heavy (non-hydrogen) atoms. The zero-order chi connectivity index (χ0) is 20.2. The van der Waals surface area contributed by atoms with Crippen LogP contribution in [0.4, 0.5) is 14.5 Å². The van der Waals surface area contributed by atoms with E-state index in [9.17, 15) is 17.2 Å². The molecule has 152 valence electrons. The first-order chi connectivity index (χ1) is 13.9. The Bertz CT molecular complexity index is 1190. The van der Waals surface area contributed by atoms with Crippen LogP contribution >= 0.6 is 0 Å². The molecule has 0 aliphatic carbocycles. The maximum absolute atomic E-state index is 14.2. The monoisotopic (exact) mass is 417 g/mol. The van der Waals surface area contributed by atoms with Gasteiger partial charge in [0.05, 0.1) is 5.52 Å². The molecule has 1 atom stereocenters. The van der Waals surface area contributed by atoms with E-state index in [1.54, 1.807) is 6.07 Å². The molecule has 0 N–H and O–H groups in total. The molecule has 8 heteroatoms. The molecule has 0 spiro atoms. The number of piperazine rings is 1. The summed E-state index contributed by atoms with van der Waals surface area (Å²) >= 11 is 0. The van der Waals surface area contributed by atoms with Gasteiger partial charge in [-0.2, -0.15) is 0 Å². The second-order valence-electron chi connectivity index (χ2n) is 7.71. The van der Waals surface area contributed by atoms with E-state index >= 15 is 0 Å². The van der Waals surface area contributed by atoms with E-state index in [0.717, 1.165) is 53.4 Å². The molecule has 5 rings (SSSR count). The predicted octanol–water partition coefficient (Wildman–Crippen LogP) is 3.44. The van der Waals surface area contributed by atoms with Crippen LogP contribution in [-0.2, 0) is 10.0 Å². The third kappa shape index (κ3) is 3.11. The summed E-state index contributed by atoms with van der Waals surface area (Å²) in [4.78, 5) is 4.26. The number of fused-ring (bicyclic) bond motifs is 2. The van der Waals surface area contributed by atoms with Gasteiger partial charge in [0.1, 0.15) is 16.5 Å². The van der Waals surface area contributed by atoms with Gasteiger partial charge in [-0.05, 0) is 49.7 Å². The fraction of sp³-hybridized carbons (Fsp3) is 0.333. The van der Waals surface area contributed by atoms with Crippen LogP contribution in [0, 0.1) is 11.6 Å². The lowest BCUT2D eigenvalue weighted by Gasteiger charge is -2.38. The minimum Gasteiger partial charge on any atom is -0.369 e. The van der Waals surface area contributed by atoms with Crippen molar-refractivity contribution in [2.24, 2.45) is 0 Å². The van der Waals surface area contributed by atoms with Crippen molar-refractivity contribution in [1.29, 1.82) is 0 Å². The van der Waals surface area contributed by atoms with Crippen LogP contribution in [0.2, 0.25) is 0 Å². The number of rotatable bonds is 3. The average Bonchev–Trinajstić information content (AvgIpc) is 3.33. The molecule has 2 saturated heterocycles. The highest BCUT2D eigenvalue weighted by molar-refractivity contribution is 7.90. The Kier molecular flexibility index (Phi) is 4.36. The number of aromatic nitrogens is 1. The zero-order valence-electron chi connectivity index (χ0n) is 15.8. The molecule has 5 nitrogen and oxygen atoms in total. The fourth-order valence-electron chi connectivity index (χ4n) is 4.51. The van der Waals surface area contributed by atoms with E-state index in [1.807, 2.05) is 18.2 Å². The van der Waals surface area contributed by atoms with E-state index in [2.05, 4.69) is 9.80 Å². The minimum atomic E-state index is -4.18. The Morgan fingerprint density at radius 2 is 1.83 bits per heavy atom. The fourth-order valence-corrected chi connectivity index (χ4v) is 5.91.